The summed E-state index contributed by atoms with van der Waals surface area (Å²) in [6.07, 6.45) is 2.87. The van der Waals surface area contributed by atoms with Gasteiger partial charge in [-0.2, -0.15) is 0 Å². The van der Waals surface area contributed by atoms with Gasteiger partial charge in [-0.15, -0.1) is 0 Å². The lowest BCUT2D eigenvalue weighted by Gasteiger charge is -2.31. The molecule has 2 aromatic rings. The Labute approximate surface area is 158 Å². The lowest BCUT2D eigenvalue weighted by atomic mass is 9.95. The molecule has 0 bridgehead atoms. The number of nitrogens with one attached hydrogen (secondary N) is 1. The third-order valence-electron chi connectivity index (χ3n) is 4.88. The molecular weight excluding hydrogens is 376 g/mol. The number of nitrogens with zero attached hydrogens (tertiary/aromatic N) is 1. The highest BCUT2D eigenvalue weighted by Crippen LogP contribution is 2.22. The van der Waals surface area contributed by atoms with Crippen molar-refractivity contribution in [1.82, 2.24) is 4.90 Å². The number of carbonyl (C=O) groups is 1. The number of aryl methyl sites for hydroxylation is 1. The van der Waals surface area contributed by atoms with Gasteiger partial charge in [-0.25, -0.2) is 0 Å². The zero-order valence-electron chi connectivity index (χ0n) is 14.7. The van der Waals surface area contributed by atoms with E-state index in [0.29, 0.717) is 0 Å². The largest absolute Gasteiger partial charge is 0.326 e. The number of likely N-dealkylation sites (tertiary alicyclic amines) is 1. The first-order chi connectivity index (χ1) is 12.1. The van der Waals surface area contributed by atoms with Crippen molar-refractivity contribution < 1.29 is 4.79 Å². The van der Waals surface area contributed by atoms with Crippen LogP contribution in [-0.2, 0) is 17.8 Å². The molecule has 1 amide bonds. The van der Waals surface area contributed by atoms with Crippen LogP contribution in [-0.4, -0.2) is 23.9 Å². The smallest absolute Gasteiger partial charge is 0.227 e. The highest BCUT2D eigenvalue weighted by atomic mass is 79.9. The maximum absolute atomic E-state index is 12.5. The van der Waals surface area contributed by atoms with Gasteiger partial charge in [0.2, 0.25) is 5.91 Å². The molecule has 0 spiro atoms. The summed E-state index contributed by atoms with van der Waals surface area (Å²) in [5, 5.41) is 3.07. The Morgan fingerprint density at radius 1 is 1.12 bits per heavy atom. The number of halogens is 1. The number of hydrogen-bond donors (Lipinski definition) is 1. The highest BCUT2D eigenvalue weighted by Gasteiger charge is 2.25. The minimum absolute atomic E-state index is 0.115. The first-order valence-corrected chi connectivity index (χ1v) is 9.80. The van der Waals surface area contributed by atoms with Gasteiger partial charge < -0.3 is 5.32 Å². The molecule has 132 valence electrons. The second-order valence-corrected chi connectivity index (χ2v) is 7.64. The molecule has 1 saturated heterocycles. The Morgan fingerprint density at radius 2 is 1.84 bits per heavy atom. The summed E-state index contributed by atoms with van der Waals surface area (Å²) in [5.74, 6) is 0.274. The van der Waals surface area contributed by atoms with Crippen LogP contribution in [0.4, 0.5) is 5.69 Å². The fraction of sp³-hybridized carbons (Fsp3) is 0.381. The van der Waals surface area contributed by atoms with E-state index >= 15 is 0 Å². The summed E-state index contributed by atoms with van der Waals surface area (Å²) in [6.45, 7) is 5.03. The average molecular weight is 401 g/mol. The predicted molar refractivity (Wildman–Crippen MR) is 107 cm³/mol. The normalized spacial score (nSPS) is 15.9. The molecule has 0 radical (unpaired) electrons. The Hall–Kier alpha value is -1.65. The van der Waals surface area contributed by atoms with Crippen LogP contribution in [0.1, 0.15) is 30.9 Å². The maximum atomic E-state index is 12.5. The number of benzene rings is 2. The van der Waals surface area contributed by atoms with Gasteiger partial charge in [0.15, 0.2) is 0 Å². The van der Waals surface area contributed by atoms with Gasteiger partial charge in [0, 0.05) is 22.6 Å². The number of anilines is 1. The van der Waals surface area contributed by atoms with Crippen LogP contribution in [0.25, 0.3) is 0 Å². The van der Waals surface area contributed by atoms with Crippen molar-refractivity contribution in [2.75, 3.05) is 18.4 Å². The topological polar surface area (TPSA) is 32.3 Å². The molecule has 1 N–H and O–H groups in total. The molecule has 0 atom stereocenters. The zero-order valence-corrected chi connectivity index (χ0v) is 16.3. The monoisotopic (exact) mass is 400 g/mol. The minimum Gasteiger partial charge on any atom is -0.326 e. The number of piperidine rings is 1. The minimum atomic E-state index is 0.115. The van der Waals surface area contributed by atoms with Gasteiger partial charge in [-0.05, 0) is 67.7 Å². The molecule has 1 aliphatic rings. The van der Waals surface area contributed by atoms with E-state index in [2.05, 4.69) is 63.4 Å². The number of hydrogen-bond acceptors (Lipinski definition) is 2. The molecule has 3 nitrogen and oxygen atoms in total. The summed E-state index contributed by atoms with van der Waals surface area (Å²) < 4.78 is 1.12. The highest BCUT2D eigenvalue weighted by molar-refractivity contribution is 9.10. The van der Waals surface area contributed by atoms with E-state index < -0.39 is 0 Å². The van der Waals surface area contributed by atoms with Gasteiger partial charge in [-0.3, -0.25) is 9.69 Å². The molecule has 0 aliphatic carbocycles. The van der Waals surface area contributed by atoms with E-state index in [1.807, 2.05) is 18.2 Å². The summed E-state index contributed by atoms with van der Waals surface area (Å²) in [5.41, 5.74) is 3.51. The summed E-state index contributed by atoms with van der Waals surface area (Å²) in [7, 11) is 0. The van der Waals surface area contributed by atoms with E-state index in [1.165, 1.54) is 11.1 Å². The van der Waals surface area contributed by atoms with E-state index in [4.69, 9.17) is 0 Å². The fourth-order valence-corrected chi connectivity index (χ4v) is 3.76. The van der Waals surface area contributed by atoms with Crippen molar-refractivity contribution >= 4 is 27.5 Å². The second kappa shape index (κ2) is 8.63. The fourth-order valence-electron chi connectivity index (χ4n) is 3.31. The molecule has 3 rings (SSSR count). The third kappa shape index (κ3) is 5.16. The Bertz CT molecular complexity index is 706. The van der Waals surface area contributed by atoms with Gasteiger partial charge in [0.25, 0.3) is 0 Å². The Morgan fingerprint density at radius 3 is 2.48 bits per heavy atom. The van der Waals surface area contributed by atoms with Gasteiger partial charge in [-0.1, -0.05) is 47.1 Å². The summed E-state index contributed by atoms with van der Waals surface area (Å²) >= 11 is 3.52. The van der Waals surface area contributed by atoms with Gasteiger partial charge in [0.05, 0.1) is 0 Å². The summed E-state index contributed by atoms with van der Waals surface area (Å²) in [6, 6.07) is 16.6. The van der Waals surface area contributed by atoms with Crippen molar-refractivity contribution in [3.05, 3.63) is 64.1 Å². The van der Waals surface area contributed by atoms with Crippen molar-refractivity contribution in [2.24, 2.45) is 5.92 Å². The number of rotatable bonds is 5. The molecule has 0 unspecified atom stereocenters. The van der Waals surface area contributed by atoms with E-state index in [-0.39, 0.29) is 11.8 Å². The third-order valence-corrected chi connectivity index (χ3v) is 5.38. The molecule has 25 heavy (non-hydrogen) atoms. The maximum Gasteiger partial charge on any atom is 0.227 e. The van der Waals surface area contributed by atoms with Crippen LogP contribution >= 0.6 is 15.9 Å². The van der Waals surface area contributed by atoms with Crippen LogP contribution in [0.3, 0.4) is 0 Å². The quantitative estimate of drug-likeness (QED) is 0.776. The Kier molecular flexibility index (Phi) is 6.27. The zero-order chi connectivity index (χ0) is 17.6. The van der Waals surface area contributed by atoms with Crippen molar-refractivity contribution in [3.8, 4) is 0 Å². The molecule has 1 fully saturated rings. The average Bonchev–Trinajstić information content (AvgIpc) is 2.63. The first kappa shape index (κ1) is 18.2. The second-order valence-electron chi connectivity index (χ2n) is 6.72. The number of amides is 1. The van der Waals surface area contributed by atoms with Crippen LogP contribution in [0.15, 0.2) is 53.0 Å². The molecule has 4 heteroatoms. The van der Waals surface area contributed by atoms with Crippen molar-refractivity contribution in [3.63, 3.8) is 0 Å². The molecule has 1 aliphatic heterocycles. The van der Waals surface area contributed by atoms with Crippen LogP contribution < -0.4 is 5.32 Å². The molecule has 2 aromatic carbocycles. The molecule has 1 heterocycles. The standard InChI is InChI=1S/C21H25BrN2O/c1-2-16-6-8-20(9-7-16)23-21(25)18-10-12-24(13-11-18)15-17-4-3-5-19(22)14-17/h3-9,14,18H,2,10-13,15H2,1H3,(H,23,25). The Balaban J connectivity index is 1.48. The van der Waals surface area contributed by atoms with Crippen LogP contribution in [0.2, 0.25) is 0 Å². The number of carbonyl (C=O) groups excluding carboxylic acids is 1. The van der Waals surface area contributed by atoms with Gasteiger partial charge >= 0.3 is 0 Å². The van der Waals surface area contributed by atoms with Crippen molar-refractivity contribution in [2.45, 2.75) is 32.7 Å². The van der Waals surface area contributed by atoms with Crippen LogP contribution in [0, 0.1) is 5.92 Å². The molecule has 0 saturated carbocycles. The van der Waals surface area contributed by atoms with E-state index in [1.54, 1.807) is 0 Å². The van der Waals surface area contributed by atoms with Crippen LogP contribution in [0.5, 0.6) is 0 Å². The lowest BCUT2D eigenvalue weighted by Crippen LogP contribution is -2.37. The van der Waals surface area contributed by atoms with Gasteiger partial charge in [0.1, 0.15) is 0 Å². The predicted octanol–water partition coefficient (Wildman–Crippen LogP) is 4.86. The first-order valence-electron chi connectivity index (χ1n) is 9.00. The molecule has 0 aromatic heterocycles. The summed E-state index contributed by atoms with van der Waals surface area (Å²) in [4.78, 5) is 14.9. The van der Waals surface area contributed by atoms with Crippen molar-refractivity contribution in [1.29, 1.82) is 0 Å². The lowest BCUT2D eigenvalue weighted by molar-refractivity contribution is -0.121. The van der Waals surface area contributed by atoms with E-state index in [0.717, 1.165) is 49.1 Å². The van der Waals surface area contributed by atoms with E-state index in [9.17, 15) is 4.79 Å². The molecular formula is C21H25BrN2O. The SMILES string of the molecule is CCc1ccc(NC(=O)C2CCN(Cc3cccc(Br)c3)CC2)cc1.